The van der Waals surface area contributed by atoms with Gasteiger partial charge in [0.05, 0.1) is 18.0 Å². The van der Waals surface area contributed by atoms with Gasteiger partial charge in [0.1, 0.15) is 11.3 Å². The van der Waals surface area contributed by atoms with E-state index < -0.39 is 11.7 Å². The van der Waals surface area contributed by atoms with Gasteiger partial charge in [-0.1, -0.05) is 6.07 Å². The number of nitrogens with two attached hydrogens (primary N) is 1. The van der Waals surface area contributed by atoms with Gasteiger partial charge in [-0.3, -0.25) is 0 Å². The van der Waals surface area contributed by atoms with E-state index in [-0.39, 0.29) is 24.2 Å². The van der Waals surface area contributed by atoms with Crippen LogP contribution >= 0.6 is 0 Å². The lowest BCUT2D eigenvalue weighted by Crippen LogP contribution is -2.38. The summed E-state index contributed by atoms with van der Waals surface area (Å²) in [5.41, 5.74) is 4.47. The number of hydrogen-bond acceptors (Lipinski definition) is 3. The summed E-state index contributed by atoms with van der Waals surface area (Å²) in [7, 11) is 0. The van der Waals surface area contributed by atoms with Crippen LogP contribution in [0.5, 0.6) is 5.75 Å². The summed E-state index contributed by atoms with van der Waals surface area (Å²) in [6.07, 6.45) is -4.11. The Kier molecular flexibility index (Phi) is 3.04. The van der Waals surface area contributed by atoms with Crippen molar-refractivity contribution in [1.82, 2.24) is 0 Å². The van der Waals surface area contributed by atoms with Crippen LogP contribution in [0.3, 0.4) is 0 Å². The maximum atomic E-state index is 12.8. The van der Waals surface area contributed by atoms with Crippen LogP contribution in [0, 0.1) is 0 Å². The first-order valence-corrected chi connectivity index (χ1v) is 5.76. The second-order valence-corrected chi connectivity index (χ2v) is 4.36. The monoisotopic (exact) mass is 260 g/mol. The quantitative estimate of drug-likeness (QED) is 0.817. The second kappa shape index (κ2) is 4.26. The number of halogens is 3. The van der Waals surface area contributed by atoms with E-state index in [0.29, 0.717) is 12.4 Å². The van der Waals surface area contributed by atoms with E-state index in [2.05, 4.69) is 5.32 Å². The third-order valence-electron chi connectivity index (χ3n) is 3.03. The molecule has 1 aliphatic rings. The number of alkyl halides is 3. The summed E-state index contributed by atoms with van der Waals surface area (Å²) in [5.74, 6) is 0.403. The molecule has 1 fully saturated rings. The Morgan fingerprint density at radius 2 is 2.06 bits per heavy atom. The molecule has 0 heterocycles. The van der Waals surface area contributed by atoms with Gasteiger partial charge in [-0.25, -0.2) is 0 Å². The minimum Gasteiger partial charge on any atom is -0.492 e. The van der Waals surface area contributed by atoms with Crippen LogP contribution in [0.15, 0.2) is 18.2 Å². The van der Waals surface area contributed by atoms with E-state index >= 15 is 0 Å². The average Bonchev–Trinajstić information content (AvgIpc) is 3.04. The highest BCUT2D eigenvalue weighted by molar-refractivity contribution is 5.74. The van der Waals surface area contributed by atoms with Gasteiger partial charge in [0.25, 0.3) is 0 Å². The summed E-state index contributed by atoms with van der Waals surface area (Å²) in [5, 5.41) is 2.51. The lowest BCUT2D eigenvalue weighted by atomic mass is 10.2. The van der Waals surface area contributed by atoms with E-state index in [4.69, 9.17) is 10.5 Å². The van der Waals surface area contributed by atoms with Crippen molar-refractivity contribution in [2.75, 3.05) is 17.7 Å². The van der Waals surface area contributed by atoms with Crippen molar-refractivity contribution in [2.24, 2.45) is 0 Å². The fourth-order valence-electron chi connectivity index (χ4n) is 1.80. The van der Waals surface area contributed by atoms with E-state index in [0.717, 1.165) is 0 Å². The Labute approximate surface area is 103 Å². The fraction of sp³-hybridized carbons (Fsp3) is 0.500. The second-order valence-electron chi connectivity index (χ2n) is 4.36. The predicted molar refractivity (Wildman–Crippen MR) is 63.7 cm³/mol. The molecule has 1 aliphatic carbocycles. The molecule has 1 saturated carbocycles. The highest BCUT2D eigenvalue weighted by Gasteiger charge is 2.63. The average molecular weight is 260 g/mol. The van der Waals surface area contributed by atoms with E-state index in [1.807, 2.05) is 0 Å². The van der Waals surface area contributed by atoms with Gasteiger partial charge in [0.15, 0.2) is 0 Å². The maximum Gasteiger partial charge on any atom is 0.411 e. The molecule has 3 N–H and O–H groups in total. The summed E-state index contributed by atoms with van der Waals surface area (Å²) in [6, 6.07) is 4.79. The summed E-state index contributed by atoms with van der Waals surface area (Å²) >= 11 is 0. The molecule has 100 valence electrons. The molecular formula is C12H15F3N2O. The lowest BCUT2D eigenvalue weighted by molar-refractivity contribution is -0.151. The molecule has 1 aromatic carbocycles. The van der Waals surface area contributed by atoms with Crippen molar-refractivity contribution < 1.29 is 17.9 Å². The molecule has 0 unspecified atom stereocenters. The molecule has 3 nitrogen and oxygen atoms in total. The molecule has 0 saturated heterocycles. The Balaban J connectivity index is 2.23. The van der Waals surface area contributed by atoms with Crippen LogP contribution in [0.1, 0.15) is 19.8 Å². The predicted octanol–water partition coefficient (Wildman–Crippen LogP) is 3.17. The molecule has 0 aliphatic heterocycles. The number of anilines is 2. The van der Waals surface area contributed by atoms with Crippen molar-refractivity contribution in [3.63, 3.8) is 0 Å². The van der Waals surface area contributed by atoms with Crippen LogP contribution in [0.25, 0.3) is 0 Å². The first-order chi connectivity index (χ1) is 8.39. The van der Waals surface area contributed by atoms with Gasteiger partial charge in [-0.05, 0) is 31.9 Å². The van der Waals surface area contributed by atoms with Gasteiger partial charge in [0, 0.05) is 0 Å². The molecular weight excluding hydrogens is 245 g/mol. The van der Waals surface area contributed by atoms with Gasteiger partial charge >= 0.3 is 6.18 Å². The minimum atomic E-state index is -4.26. The van der Waals surface area contributed by atoms with Crippen LogP contribution in [0.2, 0.25) is 0 Å². The zero-order valence-electron chi connectivity index (χ0n) is 9.97. The first kappa shape index (κ1) is 12.9. The van der Waals surface area contributed by atoms with Crippen molar-refractivity contribution in [2.45, 2.75) is 31.5 Å². The topological polar surface area (TPSA) is 47.3 Å². The highest BCUT2D eigenvalue weighted by Crippen LogP contribution is 2.52. The van der Waals surface area contributed by atoms with Crippen LogP contribution in [-0.4, -0.2) is 18.3 Å². The number of para-hydroxylation sites is 1. The fourth-order valence-corrected chi connectivity index (χ4v) is 1.80. The number of rotatable bonds is 4. The Morgan fingerprint density at radius 3 is 2.56 bits per heavy atom. The zero-order chi connectivity index (χ0) is 13.4. The number of benzene rings is 1. The van der Waals surface area contributed by atoms with Crippen molar-refractivity contribution in [1.29, 1.82) is 0 Å². The first-order valence-electron chi connectivity index (χ1n) is 5.76. The van der Waals surface area contributed by atoms with E-state index in [9.17, 15) is 13.2 Å². The molecule has 0 spiro atoms. The highest BCUT2D eigenvalue weighted by atomic mass is 19.4. The third-order valence-corrected chi connectivity index (χ3v) is 3.03. The molecule has 18 heavy (non-hydrogen) atoms. The lowest BCUT2D eigenvalue weighted by Gasteiger charge is -2.23. The molecule has 0 aromatic heterocycles. The van der Waals surface area contributed by atoms with E-state index in [1.165, 1.54) is 6.07 Å². The standard InChI is InChI=1S/C12H15F3N2O/c1-2-18-9-5-3-4-8(10(9)16)17-11(6-7-11)12(13,14)15/h3-5,17H,2,6-7,16H2,1H3. The zero-order valence-corrected chi connectivity index (χ0v) is 9.97. The number of nitrogen functional groups attached to an aromatic ring is 1. The maximum absolute atomic E-state index is 12.8. The smallest absolute Gasteiger partial charge is 0.411 e. The summed E-state index contributed by atoms with van der Waals surface area (Å²) in [6.45, 7) is 2.20. The summed E-state index contributed by atoms with van der Waals surface area (Å²) < 4.78 is 43.7. The molecule has 0 radical (unpaired) electrons. The van der Waals surface area contributed by atoms with Gasteiger partial charge in [-0.15, -0.1) is 0 Å². The SMILES string of the molecule is CCOc1cccc(NC2(C(F)(F)F)CC2)c1N. The molecule has 0 bridgehead atoms. The number of ether oxygens (including phenoxy) is 1. The van der Waals surface area contributed by atoms with Crippen molar-refractivity contribution >= 4 is 11.4 Å². The van der Waals surface area contributed by atoms with Crippen LogP contribution < -0.4 is 15.8 Å². The van der Waals surface area contributed by atoms with Gasteiger partial charge < -0.3 is 15.8 Å². The number of nitrogens with one attached hydrogen (secondary N) is 1. The van der Waals surface area contributed by atoms with Gasteiger partial charge in [0.2, 0.25) is 0 Å². The Morgan fingerprint density at radius 1 is 1.39 bits per heavy atom. The Hall–Kier alpha value is -1.59. The molecule has 6 heteroatoms. The van der Waals surface area contributed by atoms with Crippen molar-refractivity contribution in [3.8, 4) is 5.75 Å². The Bertz CT molecular complexity index is 441. The molecule has 0 amide bonds. The normalized spacial score (nSPS) is 17.3. The number of hydrogen-bond donors (Lipinski definition) is 2. The minimum absolute atomic E-state index is 0.0782. The molecule has 2 rings (SSSR count). The largest absolute Gasteiger partial charge is 0.492 e. The van der Waals surface area contributed by atoms with Crippen LogP contribution in [0.4, 0.5) is 24.5 Å². The van der Waals surface area contributed by atoms with Gasteiger partial charge in [-0.2, -0.15) is 13.2 Å². The van der Waals surface area contributed by atoms with Crippen molar-refractivity contribution in [3.05, 3.63) is 18.2 Å². The molecule has 1 aromatic rings. The third kappa shape index (κ3) is 2.19. The summed E-state index contributed by atoms with van der Waals surface area (Å²) in [4.78, 5) is 0. The van der Waals surface area contributed by atoms with E-state index in [1.54, 1.807) is 19.1 Å². The molecule has 0 atom stereocenters. The van der Waals surface area contributed by atoms with Crippen LogP contribution in [-0.2, 0) is 0 Å².